The van der Waals surface area contributed by atoms with Gasteiger partial charge in [-0.25, -0.2) is 0 Å². The number of aliphatic hydroxyl groups is 1. The fourth-order valence-electron chi connectivity index (χ4n) is 3.52. The van der Waals surface area contributed by atoms with E-state index >= 15 is 0 Å². The van der Waals surface area contributed by atoms with Gasteiger partial charge in [0.25, 0.3) is 11.8 Å². The Bertz CT molecular complexity index is 1350. The number of pyridine rings is 1. The SMILES string of the molecule is O=C(N[C@H](CO)c1ccccc1)c1ccc(C(=O)Nc2ccc(Cl)c(-c3ccccn3)c2)c(Cl)c1. The smallest absolute Gasteiger partial charge is 0.257 e. The number of rotatable bonds is 7. The zero-order valence-electron chi connectivity index (χ0n) is 18.4. The highest BCUT2D eigenvalue weighted by atomic mass is 35.5. The molecule has 1 aromatic heterocycles. The highest BCUT2D eigenvalue weighted by molar-refractivity contribution is 6.35. The summed E-state index contributed by atoms with van der Waals surface area (Å²) in [5.41, 5.74) is 3.13. The molecule has 4 aromatic rings. The monoisotopic (exact) mass is 505 g/mol. The van der Waals surface area contributed by atoms with Gasteiger partial charge < -0.3 is 15.7 Å². The quantitative estimate of drug-likeness (QED) is 0.297. The molecular weight excluding hydrogens is 485 g/mol. The van der Waals surface area contributed by atoms with Crippen molar-refractivity contribution in [3.63, 3.8) is 0 Å². The molecule has 0 unspecified atom stereocenters. The van der Waals surface area contributed by atoms with Gasteiger partial charge in [-0.15, -0.1) is 0 Å². The van der Waals surface area contributed by atoms with Crippen molar-refractivity contribution in [1.82, 2.24) is 10.3 Å². The van der Waals surface area contributed by atoms with Crippen molar-refractivity contribution in [2.24, 2.45) is 0 Å². The first-order valence-electron chi connectivity index (χ1n) is 10.7. The third-order valence-corrected chi connectivity index (χ3v) is 5.97. The summed E-state index contributed by atoms with van der Waals surface area (Å²) in [6, 6.07) is 23.6. The zero-order chi connectivity index (χ0) is 24.8. The molecule has 0 fully saturated rings. The summed E-state index contributed by atoms with van der Waals surface area (Å²) in [6.45, 7) is -0.258. The van der Waals surface area contributed by atoms with Crippen LogP contribution in [0.2, 0.25) is 10.0 Å². The first-order valence-corrected chi connectivity index (χ1v) is 11.5. The average molecular weight is 506 g/mol. The normalized spacial score (nSPS) is 11.5. The van der Waals surface area contributed by atoms with Crippen molar-refractivity contribution in [1.29, 1.82) is 0 Å². The largest absolute Gasteiger partial charge is 0.394 e. The van der Waals surface area contributed by atoms with Crippen LogP contribution in [0.1, 0.15) is 32.3 Å². The molecule has 2 amide bonds. The number of nitrogens with one attached hydrogen (secondary N) is 2. The fourth-order valence-corrected chi connectivity index (χ4v) is 4.00. The number of halogens is 2. The van der Waals surface area contributed by atoms with Gasteiger partial charge in [0.15, 0.2) is 0 Å². The topological polar surface area (TPSA) is 91.3 Å². The molecule has 4 rings (SSSR count). The third kappa shape index (κ3) is 5.87. The Balaban J connectivity index is 1.49. The molecule has 3 N–H and O–H groups in total. The van der Waals surface area contributed by atoms with Crippen LogP contribution in [0, 0.1) is 0 Å². The van der Waals surface area contributed by atoms with Gasteiger partial charge in [-0.2, -0.15) is 0 Å². The maximum atomic E-state index is 12.9. The van der Waals surface area contributed by atoms with Crippen molar-refractivity contribution in [3.05, 3.63) is 118 Å². The Kier molecular flexibility index (Phi) is 7.77. The lowest BCUT2D eigenvalue weighted by atomic mass is 10.1. The summed E-state index contributed by atoms with van der Waals surface area (Å²) in [4.78, 5) is 29.9. The number of amides is 2. The van der Waals surface area contributed by atoms with Crippen molar-refractivity contribution < 1.29 is 14.7 Å². The van der Waals surface area contributed by atoms with E-state index in [1.165, 1.54) is 18.2 Å². The van der Waals surface area contributed by atoms with Gasteiger partial charge in [0, 0.05) is 23.0 Å². The van der Waals surface area contributed by atoms with Crippen LogP contribution in [-0.2, 0) is 0 Å². The van der Waals surface area contributed by atoms with E-state index in [4.69, 9.17) is 23.2 Å². The third-order valence-electron chi connectivity index (χ3n) is 5.33. The molecule has 1 heterocycles. The number of nitrogens with zero attached hydrogens (tertiary/aromatic N) is 1. The van der Waals surface area contributed by atoms with E-state index in [1.807, 2.05) is 42.5 Å². The molecule has 0 aliphatic rings. The number of carbonyl (C=O) groups is 2. The predicted octanol–water partition coefficient (Wildman–Crippen LogP) is 5.77. The second kappa shape index (κ2) is 11.1. The number of aromatic nitrogens is 1. The van der Waals surface area contributed by atoms with Gasteiger partial charge in [0.1, 0.15) is 0 Å². The minimum absolute atomic E-state index is 0.120. The first kappa shape index (κ1) is 24.4. The second-order valence-corrected chi connectivity index (χ2v) is 8.49. The molecular formula is C27H21Cl2N3O3. The van der Waals surface area contributed by atoms with Gasteiger partial charge >= 0.3 is 0 Å². The van der Waals surface area contributed by atoms with Crippen molar-refractivity contribution in [3.8, 4) is 11.3 Å². The number of hydrogen-bond donors (Lipinski definition) is 3. The van der Waals surface area contributed by atoms with Crippen LogP contribution in [0.15, 0.2) is 91.1 Å². The summed E-state index contributed by atoms with van der Waals surface area (Å²) in [7, 11) is 0. The highest BCUT2D eigenvalue weighted by Crippen LogP contribution is 2.30. The number of carbonyl (C=O) groups excluding carboxylic acids is 2. The maximum Gasteiger partial charge on any atom is 0.257 e. The van der Waals surface area contributed by atoms with Gasteiger partial charge in [-0.05, 0) is 54.1 Å². The van der Waals surface area contributed by atoms with Crippen LogP contribution in [0.5, 0.6) is 0 Å². The second-order valence-electron chi connectivity index (χ2n) is 7.68. The molecule has 0 aliphatic carbocycles. The van der Waals surface area contributed by atoms with E-state index in [9.17, 15) is 14.7 Å². The van der Waals surface area contributed by atoms with Gasteiger partial charge in [0.05, 0.1) is 34.0 Å². The average Bonchev–Trinajstić information content (AvgIpc) is 2.89. The summed E-state index contributed by atoms with van der Waals surface area (Å²) in [6.07, 6.45) is 1.66. The molecule has 3 aromatic carbocycles. The van der Waals surface area contributed by atoms with E-state index in [1.54, 1.807) is 30.5 Å². The summed E-state index contributed by atoms with van der Waals surface area (Å²) >= 11 is 12.7. The standard InChI is InChI=1S/C27H21Cl2N3O3/c28-22-12-10-19(15-21(22)24-8-4-5-13-30-24)31-27(35)20-11-9-18(14-23(20)29)26(34)32-25(16-33)17-6-2-1-3-7-17/h1-15,25,33H,16H2,(H,31,35)(H,32,34)/t25-/m1/s1. The van der Waals surface area contributed by atoms with Crippen molar-refractivity contribution >= 4 is 40.7 Å². The van der Waals surface area contributed by atoms with Crippen LogP contribution in [0.4, 0.5) is 5.69 Å². The van der Waals surface area contributed by atoms with Crippen LogP contribution in [-0.4, -0.2) is 28.5 Å². The molecule has 35 heavy (non-hydrogen) atoms. The number of benzene rings is 3. The van der Waals surface area contributed by atoms with E-state index in [2.05, 4.69) is 15.6 Å². The molecule has 0 spiro atoms. The van der Waals surface area contributed by atoms with Crippen molar-refractivity contribution in [2.75, 3.05) is 11.9 Å². The Hall–Kier alpha value is -3.71. The van der Waals surface area contributed by atoms with E-state index in [0.29, 0.717) is 22.0 Å². The number of anilines is 1. The lowest BCUT2D eigenvalue weighted by Crippen LogP contribution is -2.30. The molecule has 176 valence electrons. The Labute approximate surface area is 212 Å². The summed E-state index contributed by atoms with van der Waals surface area (Å²) < 4.78 is 0. The molecule has 6 nitrogen and oxygen atoms in total. The molecule has 0 bridgehead atoms. The summed E-state index contributed by atoms with van der Waals surface area (Å²) in [5.74, 6) is -0.853. The molecule has 0 saturated carbocycles. The summed E-state index contributed by atoms with van der Waals surface area (Å²) in [5, 5.41) is 15.9. The van der Waals surface area contributed by atoms with Crippen LogP contribution < -0.4 is 10.6 Å². The van der Waals surface area contributed by atoms with Crippen LogP contribution >= 0.6 is 23.2 Å². The van der Waals surface area contributed by atoms with Gasteiger partial charge in [0.2, 0.25) is 0 Å². The lowest BCUT2D eigenvalue weighted by Gasteiger charge is -2.17. The van der Waals surface area contributed by atoms with Crippen LogP contribution in [0.25, 0.3) is 11.3 Å². The minimum atomic E-state index is -0.566. The Morgan fingerprint density at radius 2 is 1.63 bits per heavy atom. The lowest BCUT2D eigenvalue weighted by molar-refractivity contribution is 0.0915. The van der Waals surface area contributed by atoms with Crippen LogP contribution in [0.3, 0.4) is 0 Å². The van der Waals surface area contributed by atoms with Gasteiger partial charge in [-0.3, -0.25) is 14.6 Å². The molecule has 8 heteroatoms. The predicted molar refractivity (Wildman–Crippen MR) is 138 cm³/mol. The minimum Gasteiger partial charge on any atom is -0.394 e. The number of hydrogen-bond acceptors (Lipinski definition) is 4. The molecule has 1 atom stereocenters. The Morgan fingerprint density at radius 3 is 2.31 bits per heavy atom. The molecule has 0 saturated heterocycles. The number of aliphatic hydroxyl groups excluding tert-OH is 1. The van der Waals surface area contributed by atoms with Crippen molar-refractivity contribution in [2.45, 2.75) is 6.04 Å². The van der Waals surface area contributed by atoms with Gasteiger partial charge in [-0.1, -0.05) is 59.6 Å². The van der Waals surface area contributed by atoms with E-state index in [0.717, 1.165) is 5.56 Å². The highest BCUT2D eigenvalue weighted by Gasteiger charge is 2.18. The fraction of sp³-hybridized carbons (Fsp3) is 0.0741. The molecule has 0 radical (unpaired) electrons. The first-order chi connectivity index (χ1) is 17.0. The zero-order valence-corrected chi connectivity index (χ0v) is 19.9. The van der Waals surface area contributed by atoms with E-state index in [-0.39, 0.29) is 22.8 Å². The Morgan fingerprint density at radius 1 is 0.857 bits per heavy atom. The van der Waals surface area contributed by atoms with E-state index < -0.39 is 17.9 Å². The molecule has 0 aliphatic heterocycles. The maximum absolute atomic E-state index is 12.9.